The summed E-state index contributed by atoms with van der Waals surface area (Å²) >= 11 is 0. The van der Waals surface area contributed by atoms with Gasteiger partial charge in [0.15, 0.2) is 0 Å². The van der Waals surface area contributed by atoms with Gasteiger partial charge >= 0.3 is 0 Å². The average Bonchev–Trinajstić information content (AvgIpc) is 1.80. The number of unbranched alkanes of at least 4 members (excludes halogenated alkanes) is 1. The van der Waals surface area contributed by atoms with E-state index in [4.69, 9.17) is 11.5 Å². The lowest BCUT2D eigenvalue weighted by atomic mass is 10.4. The van der Waals surface area contributed by atoms with Crippen LogP contribution in [0.4, 0.5) is 0 Å². The Labute approximate surface area is 54.8 Å². The third kappa shape index (κ3) is 7.07. The number of guanidine groups is 1. The van der Waals surface area contributed by atoms with E-state index in [0.29, 0.717) is 6.61 Å². The Morgan fingerprint density at radius 1 is 1.56 bits per heavy atom. The number of rotatable bonds is 4. The van der Waals surface area contributed by atoms with Gasteiger partial charge in [-0.3, -0.25) is 0 Å². The molecule has 0 radical (unpaired) electrons. The summed E-state index contributed by atoms with van der Waals surface area (Å²) in [6.07, 6.45) is 2.07. The smallest absolute Gasteiger partial charge is 0.228 e. The number of oxime groups is 1. The summed E-state index contributed by atoms with van der Waals surface area (Å²) in [6.45, 7) is 2.66. The molecule has 54 valence electrons. The van der Waals surface area contributed by atoms with Gasteiger partial charge in [0, 0.05) is 0 Å². The summed E-state index contributed by atoms with van der Waals surface area (Å²) in [7, 11) is 0. The number of hydrogen-bond acceptors (Lipinski definition) is 2. The first-order valence-electron chi connectivity index (χ1n) is 2.98. The van der Waals surface area contributed by atoms with Crippen molar-refractivity contribution < 1.29 is 4.84 Å². The molecule has 0 aliphatic rings. The Morgan fingerprint density at radius 2 is 2.22 bits per heavy atom. The van der Waals surface area contributed by atoms with Crippen LogP contribution in [0.3, 0.4) is 0 Å². The molecule has 0 aromatic rings. The van der Waals surface area contributed by atoms with Crippen LogP contribution < -0.4 is 11.5 Å². The lowest BCUT2D eigenvalue weighted by molar-refractivity contribution is 0.140. The van der Waals surface area contributed by atoms with E-state index in [1.807, 2.05) is 0 Å². The minimum atomic E-state index is -0.0221. The van der Waals surface area contributed by atoms with Crippen molar-refractivity contribution in [3.63, 3.8) is 0 Å². The molecule has 0 fully saturated rings. The molecule has 4 N–H and O–H groups in total. The van der Waals surface area contributed by atoms with Crippen LogP contribution in [0.5, 0.6) is 0 Å². The van der Waals surface area contributed by atoms with Crippen LogP contribution >= 0.6 is 0 Å². The summed E-state index contributed by atoms with van der Waals surface area (Å²) in [4.78, 5) is 4.67. The maximum atomic E-state index is 4.98. The quantitative estimate of drug-likeness (QED) is 0.244. The van der Waals surface area contributed by atoms with Gasteiger partial charge in [-0.05, 0) is 11.6 Å². The highest BCUT2D eigenvalue weighted by atomic mass is 16.6. The van der Waals surface area contributed by atoms with Crippen LogP contribution in [0.2, 0.25) is 0 Å². The van der Waals surface area contributed by atoms with Crippen LogP contribution in [0.1, 0.15) is 19.8 Å². The van der Waals surface area contributed by atoms with E-state index >= 15 is 0 Å². The zero-order valence-corrected chi connectivity index (χ0v) is 5.63. The zero-order valence-electron chi connectivity index (χ0n) is 5.63. The molecule has 0 amide bonds. The Hall–Kier alpha value is -0.930. The molecular weight excluding hydrogens is 118 g/mol. The Balaban J connectivity index is 3.00. The van der Waals surface area contributed by atoms with Crippen molar-refractivity contribution in [1.29, 1.82) is 0 Å². The van der Waals surface area contributed by atoms with Gasteiger partial charge in [-0.25, -0.2) is 0 Å². The predicted molar refractivity (Wildman–Crippen MR) is 36.7 cm³/mol. The molecule has 9 heavy (non-hydrogen) atoms. The van der Waals surface area contributed by atoms with Gasteiger partial charge in [0.2, 0.25) is 5.96 Å². The minimum Gasteiger partial charge on any atom is -0.393 e. The molecule has 0 aliphatic heterocycles. The van der Waals surface area contributed by atoms with Crippen molar-refractivity contribution in [2.24, 2.45) is 16.6 Å². The molecular formula is C5H13N3O. The summed E-state index contributed by atoms with van der Waals surface area (Å²) < 4.78 is 0. The van der Waals surface area contributed by atoms with Crippen LogP contribution in [0.15, 0.2) is 5.16 Å². The van der Waals surface area contributed by atoms with Gasteiger partial charge in [0.05, 0.1) is 0 Å². The molecule has 0 spiro atoms. The van der Waals surface area contributed by atoms with E-state index < -0.39 is 0 Å². The van der Waals surface area contributed by atoms with Gasteiger partial charge in [-0.2, -0.15) is 0 Å². The standard InChI is InChI=1S/C5H13N3O/c1-2-3-4-9-8-5(6)7/h2-4H2,1H3,(H4,6,7,8). The SMILES string of the molecule is CCCCON=C(N)N. The van der Waals surface area contributed by atoms with E-state index in [2.05, 4.69) is 16.9 Å². The highest BCUT2D eigenvalue weighted by Crippen LogP contribution is 1.86. The van der Waals surface area contributed by atoms with Gasteiger partial charge in [0.25, 0.3) is 0 Å². The zero-order chi connectivity index (χ0) is 7.11. The second kappa shape index (κ2) is 5.21. The van der Waals surface area contributed by atoms with Crippen molar-refractivity contribution in [2.45, 2.75) is 19.8 Å². The third-order valence-corrected chi connectivity index (χ3v) is 0.759. The molecule has 0 saturated heterocycles. The van der Waals surface area contributed by atoms with Crippen molar-refractivity contribution in [2.75, 3.05) is 6.61 Å². The molecule has 4 heteroatoms. The highest BCUT2D eigenvalue weighted by Gasteiger charge is 1.82. The van der Waals surface area contributed by atoms with Crippen molar-refractivity contribution in [3.05, 3.63) is 0 Å². The molecule has 0 saturated carbocycles. The largest absolute Gasteiger partial charge is 0.393 e. The second-order valence-electron chi connectivity index (χ2n) is 1.70. The Bertz CT molecular complexity index is 88.2. The van der Waals surface area contributed by atoms with Gasteiger partial charge < -0.3 is 16.3 Å². The second-order valence-corrected chi connectivity index (χ2v) is 1.70. The van der Waals surface area contributed by atoms with Crippen molar-refractivity contribution >= 4 is 5.96 Å². The van der Waals surface area contributed by atoms with Gasteiger partial charge in [0.1, 0.15) is 6.61 Å². The summed E-state index contributed by atoms with van der Waals surface area (Å²) in [6, 6.07) is 0. The maximum absolute atomic E-state index is 4.98. The topological polar surface area (TPSA) is 73.6 Å². The highest BCUT2D eigenvalue weighted by molar-refractivity contribution is 5.74. The normalized spacial score (nSPS) is 8.56. The monoisotopic (exact) mass is 131 g/mol. The molecule has 0 unspecified atom stereocenters. The molecule has 0 aromatic heterocycles. The lowest BCUT2D eigenvalue weighted by Crippen LogP contribution is -2.22. The van der Waals surface area contributed by atoms with E-state index in [0.717, 1.165) is 12.8 Å². The van der Waals surface area contributed by atoms with E-state index in [9.17, 15) is 0 Å². The van der Waals surface area contributed by atoms with Crippen molar-refractivity contribution in [1.82, 2.24) is 0 Å². The lowest BCUT2D eigenvalue weighted by Gasteiger charge is -1.95. The molecule has 0 aromatic carbocycles. The average molecular weight is 131 g/mol. The first kappa shape index (κ1) is 8.07. The van der Waals surface area contributed by atoms with E-state index in [1.54, 1.807) is 0 Å². The van der Waals surface area contributed by atoms with E-state index in [-0.39, 0.29) is 5.96 Å². The molecule has 4 nitrogen and oxygen atoms in total. The number of nitrogens with two attached hydrogens (primary N) is 2. The summed E-state index contributed by atoms with van der Waals surface area (Å²) in [5.74, 6) is -0.0221. The maximum Gasteiger partial charge on any atom is 0.228 e. The van der Waals surface area contributed by atoms with Crippen molar-refractivity contribution in [3.8, 4) is 0 Å². The minimum absolute atomic E-state index is 0.0221. The summed E-state index contributed by atoms with van der Waals surface area (Å²) in [5, 5.41) is 3.33. The molecule has 0 aliphatic carbocycles. The number of nitrogens with zero attached hydrogens (tertiary/aromatic N) is 1. The van der Waals surface area contributed by atoms with Crippen LogP contribution in [0.25, 0.3) is 0 Å². The first-order valence-corrected chi connectivity index (χ1v) is 2.98. The Morgan fingerprint density at radius 3 is 2.67 bits per heavy atom. The fourth-order valence-corrected chi connectivity index (χ4v) is 0.329. The fourth-order valence-electron chi connectivity index (χ4n) is 0.329. The molecule has 0 atom stereocenters. The number of hydrogen-bond donors (Lipinski definition) is 2. The van der Waals surface area contributed by atoms with Crippen LogP contribution in [-0.2, 0) is 4.84 Å². The summed E-state index contributed by atoms with van der Waals surface area (Å²) in [5.41, 5.74) is 9.95. The van der Waals surface area contributed by atoms with Crippen LogP contribution in [-0.4, -0.2) is 12.6 Å². The third-order valence-electron chi connectivity index (χ3n) is 0.759. The Kier molecular flexibility index (Phi) is 4.67. The van der Waals surface area contributed by atoms with Crippen LogP contribution in [0, 0.1) is 0 Å². The molecule has 0 heterocycles. The fraction of sp³-hybridized carbons (Fsp3) is 0.800. The first-order chi connectivity index (χ1) is 4.27. The van der Waals surface area contributed by atoms with Gasteiger partial charge in [-0.15, -0.1) is 0 Å². The van der Waals surface area contributed by atoms with E-state index in [1.165, 1.54) is 0 Å². The molecule has 0 bridgehead atoms. The van der Waals surface area contributed by atoms with Gasteiger partial charge in [-0.1, -0.05) is 13.3 Å². The predicted octanol–water partition coefficient (Wildman–Crippen LogP) is -0.00850. The molecule has 0 rings (SSSR count).